The smallest absolute Gasteiger partial charge is 0.319 e. The quantitative estimate of drug-likeness (QED) is 0.670. The average molecular weight is 269 g/mol. The molecular weight excluding hydrogens is 250 g/mol. The van der Waals surface area contributed by atoms with E-state index < -0.39 is 11.9 Å². The van der Waals surface area contributed by atoms with Crippen LogP contribution < -0.4 is 0 Å². The zero-order valence-electron chi connectivity index (χ0n) is 11.7. The maximum Gasteiger partial charge on any atom is 0.319 e. The van der Waals surface area contributed by atoms with Crippen molar-refractivity contribution < 1.29 is 19.1 Å². The van der Waals surface area contributed by atoms with E-state index in [1.54, 1.807) is 9.58 Å². The Kier molecular flexibility index (Phi) is 5.50. The van der Waals surface area contributed by atoms with E-state index in [0.29, 0.717) is 6.54 Å². The molecule has 0 aliphatic heterocycles. The van der Waals surface area contributed by atoms with Gasteiger partial charge in [-0.3, -0.25) is 19.2 Å². The van der Waals surface area contributed by atoms with Crippen molar-refractivity contribution in [3.8, 4) is 0 Å². The van der Waals surface area contributed by atoms with E-state index in [4.69, 9.17) is 0 Å². The van der Waals surface area contributed by atoms with E-state index >= 15 is 0 Å². The second-order valence-electron chi connectivity index (χ2n) is 4.20. The van der Waals surface area contributed by atoms with Gasteiger partial charge in [-0.05, 0) is 13.0 Å². The lowest BCUT2D eigenvalue weighted by Crippen LogP contribution is -2.35. The molecule has 0 aliphatic rings. The molecule has 7 heteroatoms. The molecule has 0 unspecified atom stereocenters. The van der Waals surface area contributed by atoms with E-state index in [1.165, 1.54) is 14.2 Å². The molecule has 106 valence electrons. The van der Waals surface area contributed by atoms with Crippen molar-refractivity contribution in [2.24, 2.45) is 7.05 Å². The molecule has 0 amide bonds. The first-order chi connectivity index (χ1) is 8.96. The molecular formula is C12H19N3O4. The van der Waals surface area contributed by atoms with Crippen LogP contribution in [0.1, 0.15) is 11.4 Å². The summed E-state index contributed by atoms with van der Waals surface area (Å²) < 4.78 is 10.9. The largest absolute Gasteiger partial charge is 0.468 e. The lowest BCUT2D eigenvalue weighted by atomic mass is 10.3. The summed E-state index contributed by atoms with van der Waals surface area (Å²) in [6.45, 7) is 2.35. The van der Waals surface area contributed by atoms with Gasteiger partial charge in [0.15, 0.2) is 0 Å². The highest BCUT2D eigenvalue weighted by molar-refractivity contribution is 5.74. The SMILES string of the molecule is COC(=O)CN(CC(=O)OC)Cc1cc(C)nn1C. The Labute approximate surface area is 112 Å². The van der Waals surface area contributed by atoms with Crippen LogP contribution >= 0.6 is 0 Å². The third-order valence-corrected chi connectivity index (χ3v) is 2.65. The van der Waals surface area contributed by atoms with Gasteiger partial charge in [0.2, 0.25) is 0 Å². The van der Waals surface area contributed by atoms with Gasteiger partial charge in [0.25, 0.3) is 0 Å². The van der Waals surface area contributed by atoms with Crippen LogP contribution in [0.4, 0.5) is 0 Å². The van der Waals surface area contributed by atoms with Crippen LogP contribution in [0.15, 0.2) is 6.07 Å². The van der Waals surface area contributed by atoms with Gasteiger partial charge in [-0.1, -0.05) is 0 Å². The van der Waals surface area contributed by atoms with Crippen molar-refractivity contribution in [3.05, 3.63) is 17.5 Å². The molecule has 0 N–H and O–H groups in total. The molecule has 0 aliphatic carbocycles. The summed E-state index contributed by atoms with van der Waals surface area (Å²) in [6.07, 6.45) is 0. The average Bonchev–Trinajstić information content (AvgIpc) is 2.67. The van der Waals surface area contributed by atoms with E-state index in [1.807, 2.05) is 20.0 Å². The van der Waals surface area contributed by atoms with Crippen LogP contribution in [-0.2, 0) is 32.7 Å². The standard InChI is InChI=1S/C12H19N3O4/c1-9-5-10(14(2)13-9)6-15(7-11(16)18-3)8-12(17)19-4/h5H,6-8H2,1-4H3. The zero-order chi connectivity index (χ0) is 14.4. The van der Waals surface area contributed by atoms with Gasteiger partial charge in [-0.2, -0.15) is 5.10 Å². The second-order valence-corrected chi connectivity index (χ2v) is 4.20. The minimum absolute atomic E-state index is 0.0236. The van der Waals surface area contributed by atoms with Crippen molar-refractivity contribution in [2.45, 2.75) is 13.5 Å². The molecule has 0 saturated carbocycles. The number of rotatable bonds is 6. The summed E-state index contributed by atoms with van der Waals surface area (Å²) in [6, 6.07) is 1.90. The fourth-order valence-corrected chi connectivity index (χ4v) is 1.70. The maximum absolute atomic E-state index is 11.3. The van der Waals surface area contributed by atoms with Crippen LogP contribution in [0, 0.1) is 6.92 Å². The Bertz CT molecular complexity index is 438. The Balaban J connectivity index is 2.75. The Morgan fingerprint density at radius 1 is 1.26 bits per heavy atom. The number of carbonyl (C=O) groups is 2. The van der Waals surface area contributed by atoms with Crippen LogP contribution in [-0.4, -0.2) is 53.9 Å². The Hall–Kier alpha value is -1.89. The molecule has 0 spiro atoms. The maximum atomic E-state index is 11.3. The first-order valence-electron chi connectivity index (χ1n) is 5.81. The number of aryl methyl sites for hydroxylation is 2. The minimum Gasteiger partial charge on any atom is -0.468 e. The molecule has 1 heterocycles. The molecule has 19 heavy (non-hydrogen) atoms. The van der Waals surface area contributed by atoms with Gasteiger partial charge in [0.05, 0.1) is 38.7 Å². The molecule has 0 fully saturated rings. The Morgan fingerprint density at radius 2 is 1.79 bits per heavy atom. The van der Waals surface area contributed by atoms with Crippen LogP contribution in [0.5, 0.6) is 0 Å². The van der Waals surface area contributed by atoms with Crippen LogP contribution in [0.25, 0.3) is 0 Å². The van der Waals surface area contributed by atoms with Crippen molar-refractivity contribution >= 4 is 11.9 Å². The number of hydrogen-bond donors (Lipinski definition) is 0. The lowest BCUT2D eigenvalue weighted by molar-refractivity contribution is -0.145. The van der Waals surface area contributed by atoms with Crippen molar-refractivity contribution in [2.75, 3.05) is 27.3 Å². The number of ether oxygens (including phenoxy) is 2. The highest BCUT2D eigenvalue weighted by Crippen LogP contribution is 2.06. The van der Waals surface area contributed by atoms with Crippen LogP contribution in [0.2, 0.25) is 0 Å². The third kappa shape index (κ3) is 4.70. The van der Waals surface area contributed by atoms with Gasteiger partial charge in [-0.15, -0.1) is 0 Å². The number of carbonyl (C=O) groups excluding carboxylic acids is 2. The second kappa shape index (κ2) is 6.89. The summed E-state index contributed by atoms with van der Waals surface area (Å²) in [5, 5.41) is 4.22. The highest BCUT2D eigenvalue weighted by Gasteiger charge is 2.17. The molecule has 1 aromatic rings. The normalized spacial score (nSPS) is 10.6. The first-order valence-corrected chi connectivity index (χ1v) is 5.81. The van der Waals surface area contributed by atoms with Gasteiger partial charge < -0.3 is 9.47 Å². The van der Waals surface area contributed by atoms with E-state index in [0.717, 1.165) is 11.4 Å². The summed E-state index contributed by atoms with van der Waals surface area (Å²) >= 11 is 0. The number of methoxy groups -OCH3 is 2. The Morgan fingerprint density at radius 3 is 2.16 bits per heavy atom. The van der Waals surface area contributed by atoms with E-state index in [-0.39, 0.29) is 13.1 Å². The molecule has 1 rings (SSSR count). The summed E-state index contributed by atoms with van der Waals surface area (Å²) in [5.41, 5.74) is 1.79. The number of aromatic nitrogens is 2. The molecule has 7 nitrogen and oxygen atoms in total. The van der Waals surface area contributed by atoms with Gasteiger partial charge in [-0.25, -0.2) is 0 Å². The minimum atomic E-state index is -0.400. The number of hydrogen-bond acceptors (Lipinski definition) is 6. The summed E-state index contributed by atoms with van der Waals surface area (Å²) in [4.78, 5) is 24.3. The molecule has 0 radical (unpaired) electrons. The van der Waals surface area contributed by atoms with Crippen LogP contribution in [0.3, 0.4) is 0 Å². The lowest BCUT2D eigenvalue weighted by Gasteiger charge is -2.19. The number of nitrogens with zero attached hydrogens (tertiary/aromatic N) is 3. The fraction of sp³-hybridized carbons (Fsp3) is 0.583. The first kappa shape index (κ1) is 15.2. The van der Waals surface area contributed by atoms with Gasteiger partial charge >= 0.3 is 11.9 Å². The van der Waals surface area contributed by atoms with Gasteiger partial charge in [0, 0.05) is 13.6 Å². The molecule has 0 saturated heterocycles. The fourth-order valence-electron chi connectivity index (χ4n) is 1.70. The zero-order valence-corrected chi connectivity index (χ0v) is 11.7. The molecule has 0 atom stereocenters. The van der Waals surface area contributed by atoms with E-state index in [2.05, 4.69) is 14.6 Å². The molecule has 0 bridgehead atoms. The highest BCUT2D eigenvalue weighted by atomic mass is 16.5. The number of esters is 2. The topological polar surface area (TPSA) is 73.7 Å². The molecule has 1 aromatic heterocycles. The van der Waals surface area contributed by atoms with E-state index in [9.17, 15) is 9.59 Å². The van der Waals surface area contributed by atoms with Crippen molar-refractivity contribution in [1.29, 1.82) is 0 Å². The van der Waals surface area contributed by atoms with Crippen molar-refractivity contribution in [3.63, 3.8) is 0 Å². The van der Waals surface area contributed by atoms with Crippen molar-refractivity contribution in [1.82, 2.24) is 14.7 Å². The summed E-state index contributed by atoms with van der Waals surface area (Å²) in [5.74, 6) is -0.800. The monoisotopic (exact) mass is 269 g/mol. The predicted octanol–water partition coefficient (Wildman–Crippen LogP) is -0.123. The molecule has 0 aromatic carbocycles. The predicted molar refractivity (Wildman–Crippen MR) is 67.3 cm³/mol. The summed E-state index contributed by atoms with van der Waals surface area (Å²) in [7, 11) is 4.44. The van der Waals surface area contributed by atoms with Gasteiger partial charge in [0.1, 0.15) is 0 Å². The third-order valence-electron chi connectivity index (χ3n) is 2.65.